The van der Waals surface area contributed by atoms with Crippen molar-refractivity contribution < 1.29 is 4.79 Å². The molecule has 0 saturated carbocycles. The summed E-state index contributed by atoms with van der Waals surface area (Å²) in [5.74, 6) is -0.258. The molecule has 0 radical (unpaired) electrons. The van der Waals surface area contributed by atoms with E-state index in [9.17, 15) is 4.79 Å². The van der Waals surface area contributed by atoms with Gasteiger partial charge in [-0.3, -0.25) is 14.7 Å². The second-order valence-electron chi connectivity index (χ2n) is 10.0. The molecule has 2 aromatic carbocycles. The summed E-state index contributed by atoms with van der Waals surface area (Å²) >= 11 is 13.1. The molecule has 1 unspecified atom stereocenters. The summed E-state index contributed by atoms with van der Waals surface area (Å²) in [5.41, 5.74) is 4.60. The highest BCUT2D eigenvalue weighted by Gasteiger charge is 2.34. The van der Waals surface area contributed by atoms with Crippen LogP contribution < -0.4 is 5.32 Å². The van der Waals surface area contributed by atoms with Gasteiger partial charge in [0, 0.05) is 34.7 Å². The highest BCUT2D eigenvalue weighted by Crippen LogP contribution is 2.35. The lowest BCUT2D eigenvalue weighted by Gasteiger charge is -2.38. The number of carbonyl (C=O) groups is 1. The number of anilines is 1. The molecule has 1 aromatic heterocycles. The van der Waals surface area contributed by atoms with E-state index in [1.165, 1.54) is 19.3 Å². The van der Waals surface area contributed by atoms with Crippen molar-refractivity contribution in [1.29, 1.82) is 0 Å². The van der Waals surface area contributed by atoms with Gasteiger partial charge in [-0.1, -0.05) is 60.5 Å². The molecule has 1 saturated heterocycles. The molecular weight excluding hydrogens is 489 g/mol. The Morgan fingerprint density at radius 2 is 1.89 bits per heavy atom. The maximum Gasteiger partial charge on any atom is 0.249 e. The van der Waals surface area contributed by atoms with Crippen LogP contribution in [0.5, 0.6) is 0 Å². The Hall–Kier alpha value is -2.66. The molecule has 1 aliphatic carbocycles. The van der Waals surface area contributed by atoms with Crippen LogP contribution in [0.1, 0.15) is 50.8 Å². The Morgan fingerprint density at radius 3 is 2.61 bits per heavy atom. The van der Waals surface area contributed by atoms with E-state index in [1.807, 2.05) is 54.6 Å². The Bertz CT molecular complexity index is 1340. The highest BCUT2D eigenvalue weighted by molar-refractivity contribution is 6.38. The number of rotatable bonds is 5. The molecule has 0 bridgehead atoms. The number of nitrogens with one attached hydrogen (secondary N) is 1. The predicted octanol–water partition coefficient (Wildman–Crippen LogP) is 7.61. The molecule has 5 rings (SSSR count). The lowest BCUT2D eigenvalue weighted by Crippen LogP contribution is -2.43. The second-order valence-corrected chi connectivity index (χ2v) is 11.1. The maximum atomic E-state index is 13.1. The topological polar surface area (TPSA) is 45.2 Å². The first-order valence-electron chi connectivity index (χ1n) is 12.6. The minimum atomic E-state index is -1.15. The molecule has 1 fully saturated rings. The van der Waals surface area contributed by atoms with Gasteiger partial charge in [0.25, 0.3) is 0 Å². The van der Waals surface area contributed by atoms with Gasteiger partial charge in [0.1, 0.15) is 4.87 Å². The Morgan fingerprint density at radius 1 is 1.11 bits per heavy atom. The molecule has 0 spiro atoms. The highest BCUT2D eigenvalue weighted by atomic mass is 35.5. The SMILES string of the molecule is C[C@@H]1CCC[C@H](C)N1Cc1ccc2cc(NC(=O)C3(Cl)C=CC(c4ccccc4Cl)=CC3)ccc2n1. The molecule has 3 aromatic rings. The standard InChI is InChI=1S/C30H31Cl2N3O/c1-20-6-5-7-21(2)35(20)19-25-11-10-23-18-24(12-13-28(23)33-25)34-29(36)30(32)16-14-22(15-17-30)26-8-3-4-9-27(26)31/h3-4,8-16,18,20-21H,5-7,17,19H2,1-2H3,(H,34,36)/t20-,21+,30?. The third-order valence-electron chi connectivity index (χ3n) is 7.43. The molecule has 36 heavy (non-hydrogen) atoms. The van der Waals surface area contributed by atoms with E-state index >= 15 is 0 Å². The van der Waals surface area contributed by atoms with Gasteiger partial charge in [-0.05, 0) is 74.6 Å². The van der Waals surface area contributed by atoms with E-state index in [0.29, 0.717) is 29.2 Å². The fraction of sp³-hybridized carbons (Fsp3) is 0.333. The second kappa shape index (κ2) is 10.4. The monoisotopic (exact) mass is 519 g/mol. The van der Waals surface area contributed by atoms with E-state index in [0.717, 1.165) is 34.3 Å². The number of aromatic nitrogens is 1. The average Bonchev–Trinajstić information content (AvgIpc) is 2.87. The zero-order valence-corrected chi connectivity index (χ0v) is 22.2. The van der Waals surface area contributed by atoms with E-state index < -0.39 is 4.87 Å². The number of allylic oxidation sites excluding steroid dienone is 3. The summed E-state index contributed by atoms with van der Waals surface area (Å²) in [6, 6.07) is 18.8. The number of hydrogen-bond acceptors (Lipinski definition) is 3. The van der Waals surface area contributed by atoms with Crippen LogP contribution in [-0.4, -0.2) is 32.7 Å². The average molecular weight is 521 g/mol. The number of alkyl halides is 1. The minimum Gasteiger partial charge on any atom is -0.324 e. The predicted molar refractivity (Wildman–Crippen MR) is 150 cm³/mol. The van der Waals surface area contributed by atoms with E-state index in [-0.39, 0.29) is 5.91 Å². The number of carbonyl (C=O) groups excluding carboxylic acids is 1. The van der Waals surface area contributed by atoms with E-state index in [2.05, 4.69) is 36.2 Å². The Kier molecular flexibility index (Phi) is 7.21. The molecule has 1 aliphatic heterocycles. The van der Waals surface area contributed by atoms with Crippen molar-refractivity contribution in [1.82, 2.24) is 9.88 Å². The molecule has 1 amide bonds. The third-order valence-corrected chi connectivity index (χ3v) is 8.22. The first-order valence-corrected chi connectivity index (χ1v) is 13.4. The maximum absolute atomic E-state index is 13.1. The quantitative estimate of drug-likeness (QED) is 0.352. The van der Waals surface area contributed by atoms with Crippen molar-refractivity contribution in [3.8, 4) is 0 Å². The summed E-state index contributed by atoms with van der Waals surface area (Å²) in [6.45, 7) is 5.48. The van der Waals surface area contributed by atoms with Crippen molar-refractivity contribution in [3.05, 3.63) is 89.1 Å². The Balaban J connectivity index is 1.27. The van der Waals surface area contributed by atoms with E-state index in [4.69, 9.17) is 28.2 Å². The number of halogens is 2. The van der Waals surface area contributed by atoms with Crippen molar-refractivity contribution in [2.75, 3.05) is 5.32 Å². The molecule has 2 heterocycles. The van der Waals surface area contributed by atoms with Crippen LogP contribution in [0.2, 0.25) is 5.02 Å². The largest absolute Gasteiger partial charge is 0.324 e. The van der Waals surface area contributed by atoms with Crippen LogP contribution in [0.25, 0.3) is 16.5 Å². The number of hydrogen-bond donors (Lipinski definition) is 1. The van der Waals surface area contributed by atoms with Gasteiger partial charge >= 0.3 is 0 Å². The van der Waals surface area contributed by atoms with Crippen LogP contribution >= 0.6 is 23.2 Å². The van der Waals surface area contributed by atoms with Gasteiger partial charge in [-0.15, -0.1) is 11.6 Å². The van der Waals surface area contributed by atoms with E-state index in [1.54, 1.807) is 6.08 Å². The summed E-state index contributed by atoms with van der Waals surface area (Å²) in [7, 11) is 0. The van der Waals surface area contributed by atoms with Gasteiger partial charge in [-0.25, -0.2) is 0 Å². The van der Waals surface area contributed by atoms with Crippen LogP contribution in [0, 0.1) is 0 Å². The van der Waals surface area contributed by atoms with Crippen LogP contribution in [0.15, 0.2) is 72.8 Å². The molecule has 2 aliphatic rings. The summed E-state index contributed by atoms with van der Waals surface area (Å²) in [6.07, 6.45) is 9.75. The zero-order valence-electron chi connectivity index (χ0n) is 20.7. The number of pyridine rings is 1. The zero-order chi connectivity index (χ0) is 25.3. The summed E-state index contributed by atoms with van der Waals surface area (Å²) in [5, 5.41) is 4.65. The first kappa shape index (κ1) is 25.0. The lowest BCUT2D eigenvalue weighted by atomic mass is 9.91. The van der Waals surface area contributed by atoms with Crippen molar-refractivity contribution in [3.63, 3.8) is 0 Å². The van der Waals surface area contributed by atoms with Crippen molar-refractivity contribution in [2.45, 2.75) is 63.0 Å². The lowest BCUT2D eigenvalue weighted by molar-refractivity contribution is -0.117. The first-order chi connectivity index (χ1) is 17.3. The Labute approximate surface area is 223 Å². The third kappa shape index (κ3) is 5.22. The van der Waals surface area contributed by atoms with Crippen LogP contribution in [0.4, 0.5) is 5.69 Å². The molecule has 1 N–H and O–H groups in total. The molecule has 4 nitrogen and oxygen atoms in total. The fourth-order valence-corrected chi connectivity index (χ4v) is 5.65. The molecule has 186 valence electrons. The number of piperidine rings is 1. The summed E-state index contributed by atoms with van der Waals surface area (Å²) < 4.78 is 0. The van der Waals surface area contributed by atoms with Crippen LogP contribution in [-0.2, 0) is 11.3 Å². The van der Waals surface area contributed by atoms with Crippen molar-refractivity contribution >= 4 is 51.3 Å². The van der Waals surface area contributed by atoms with Crippen molar-refractivity contribution in [2.24, 2.45) is 0 Å². The normalized spacial score (nSPS) is 24.5. The number of amides is 1. The number of benzene rings is 2. The molecule has 6 heteroatoms. The summed E-state index contributed by atoms with van der Waals surface area (Å²) in [4.78, 5) is 19.4. The van der Waals surface area contributed by atoms with Gasteiger partial charge in [-0.2, -0.15) is 0 Å². The van der Waals surface area contributed by atoms with Gasteiger partial charge in [0.15, 0.2) is 0 Å². The smallest absolute Gasteiger partial charge is 0.249 e. The number of likely N-dealkylation sites (tertiary alicyclic amines) is 1. The van der Waals surface area contributed by atoms with Gasteiger partial charge in [0.05, 0.1) is 11.2 Å². The number of nitrogens with zero attached hydrogens (tertiary/aromatic N) is 2. The fourth-order valence-electron chi connectivity index (χ4n) is 5.22. The number of fused-ring (bicyclic) bond motifs is 1. The molecular formula is C30H31Cl2N3O. The minimum absolute atomic E-state index is 0.258. The van der Waals surface area contributed by atoms with Gasteiger partial charge in [0.2, 0.25) is 5.91 Å². The van der Waals surface area contributed by atoms with Crippen LogP contribution in [0.3, 0.4) is 0 Å². The van der Waals surface area contributed by atoms with Gasteiger partial charge < -0.3 is 5.32 Å². The molecule has 3 atom stereocenters.